The van der Waals surface area contributed by atoms with Gasteiger partial charge >= 0.3 is 0 Å². The van der Waals surface area contributed by atoms with Crippen LogP contribution in [-0.2, 0) is 0 Å². The Kier molecular flexibility index (Phi) is 4.09. The molecule has 4 rings (SSSR count). The fourth-order valence-corrected chi connectivity index (χ4v) is 3.94. The number of aliphatic hydroxyl groups is 1. The Bertz CT molecular complexity index is 614. The second kappa shape index (κ2) is 6.37. The molecule has 2 aliphatic rings. The summed E-state index contributed by atoms with van der Waals surface area (Å²) < 4.78 is 4.52. The molecule has 0 spiro atoms. The second-order valence-electron chi connectivity index (χ2n) is 6.14. The highest BCUT2D eigenvalue weighted by Gasteiger charge is 2.24. The van der Waals surface area contributed by atoms with E-state index in [0.29, 0.717) is 0 Å². The van der Waals surface area contributed by atoms with Gasteiger partial charge in [0.15, 0.2) is 0 Å². The van der Waals surface area contributed by atoms with Crippen molar-refractivity contribution in [3.8, 4) is 0 Å². The van der Waals surface area contributed by atoms with Gasteiger partial charge in [0.05, 0.1) is 11.8 Å². The Morgan fingerprint density at radius 2 is 1.78 bits per heavy atom. The van der Waals surface area contributed by atoms with Crippen LogP contribution in [0.15, 0.2) is 18.5 Å². The van der Waals surface area contributed by atoms with Gasteiger partial charge in [-0.15, -0.1) is 0 Å². The van der Waals surface area contributed by atoms with E-state index < -0.39 is 0 Å². The van der Waals surface area contributed by atoms with Gasteiger partial charge in [-0.25, -0.2) is 0 Å². The summed E-state index contributed by atoms with van der Waals surface area (Å²) >= 11 is 1.49. The minimum atomic E-state index is -0.161. The first-order chi connectivity index (χ1) is 11.3. The summed E-state index contributed by atoms with van der Waals surface area (Å²) in [5.74, 6) is 0.824. The average Bonchev–Trinajstić information content (AvgIpc) is 3.28. The average molecular weight is 334 g/mol. The van der Waals surface area contributed by atoms with E-state index in [9.17, 15) is 5.11 Å². The highest BCUT2D eigenvalue weighted by molar-refractivity contribution is 7.09. The smallest absolute Gasteiger partial charge is 0.239 e. The molecule has 8 heteroatoms. The number of aromatic amines is 1. The third-order valence-corrected chi connectivity index (χ3v) is 5.42. The normalized spacial score (nSPS) is 20.3. The van der Waals surface area contributed by atoms with Crippen LogP contribution in [0, 0.1) is 0 Å². The Morgan fingerprint density at radius 1 is 1.04 bits per heavy atom. The van der Waals surface area contributed by atoms with Crippen molar-refractivity contribution in [2.24, 2.45) is 0 Å². The van der Waals surface area contributed by atoms with Gasteiger partial charge < -0.3 is 24.8 Å². The minimum absolute atomic E-state index is 0.161. The molecule has 0 aliphatic carbocycles. The topological polar surface area (TPSA) is 71.5 Å². The third kappa shape index (κ3) is 3.13. The van der Waals surface area contributed by atoms with Gasteiger partial charge in [-0.1, -0.05) is 0 Å². The molecule has 0 bridgehead atoms. The van der Waals surface area contributed by atoms with Crippen LogP contribution in [0.3, 0.4) is 0 Å². The van der Waals surface area contributed by atoms with E-state index in [0.717, 1.165) is 63.2 Å². The van der Waals surface area contributed by atoms with Crippen LogP contribution in [0.25, 0.3) is 0 Å². The Hall–Kier alpha value is -1.80. The van der Waals surface area contributed by atoms with E-state index in [1.165, 1.54) is 17.2 Å². The number of nitrogens with zero attached hydrogens (tertiary/aromatic N) is 5. The third-order valence-electron chi connectivity index (χ3n) is 4.65. The van der Waals surface area contributed by atoms with Crippen LogP contribution in [0.4, 0.5) is 16.8 Å². The molecule has 0 aromatic carbocycles. The van der Waals surface area contributed by atoms with Crippen LogP contribution >= 0.6 is 11.5 Å². The standard InChI is InChI=1S/C15H22N6OS/c22-13-2-5-20(6-3-13)14-17-15(23-18-14)21-9-7-19(8-10-21)12-1-4-16-11-12/h1,4,11,13,16,22H,2-3,5-10H2. The molecule has 124 valence electrons. The van der Waals surface area contributed by atoms with Crippen LogP contribution in [-0.4, -0.2) is 64.8 Å². The molecule has 2 aromatic rings. The molecule has 0 unspecified atom stereocenters. The van der Waals surface area contributed by atoms with Gasteiger partial charge in [0.25, 0.3) is 0 Å². The highest BCUT2D eigenvalue weighted by atomic mass is 32.1. The fourth-order valence-electron chi connectivity index (χ4n) is 3.20. The van der Waals surface area contributed by atoms with Crippen molar-refractivity contribution in [3.63, 3.8) is 0 Å². The van der Waals surface area contributed by atoms with Crippen molar-refractivity contribution in [2.75, 3.05) is 54.0 Å². The molecular formula is C15H22N6OS. The highest BCUT2D eigenvalue weighted by Crippen LogP contribution is 2.26. The number of hydrogen-bond donors (Lipinski definition) is 2. The van der Waals surface area contributed by atoms with Crippen molar-refractivity contribution < 1.29 is 5.11 Å². The predicted octanol–water partition coefficient (Wildman–Crippen LogP) is 1.15. The number of nitrogens with one attached hydrogen (secondary N) is 1. The van der Waals surface area contributed by atoms with E-state index in [4.69, 9.17) is 4.98 Å². The molecule has 4 heterocycles. The van der Waals surface area contributed by atoms with Gasteiger partial charge in [-0.2, -0.15) is 9.36 Å². The van der Waals surface area contributed by atoms with Crippen molar-refractivity contribution in [2.45, 2.75) is 18.9 Å². The molecule has 0 amide bonds. The number of piperazine rings is 1. The van der Waals surface area contributed by atoms with E-state index in [-0.39, 0.29) is 6.10 Å². The Morgan fingerprint density at radius 3 is 2.48 bits per heavy atom. The maximum Gasteiger partial charge on any atom is 0.239 e. The van der Waals surface area contributed by atoms with Crippen molar-refractivity contribution in [1.29, 1.82) is 0 Å². The Balaban J connectivity index is 1.36. The first-order valence-electron chi connectivity index (χ1n) is 8.19. The Labute approximate surface area is 139 Å². The zero-order valence-corrected chi connectivity index (χ0v) is 13.9. The number of aromatic nitrogens is 3. The molecule has 2 fully saturated rings. The number of hydrogen-bond acceptors (Lipinski definition) is 7. The van der Waals surface area contributed by atoms with Crippen molar-refractivity contribution in [1.82, 2.24) is 14.3 Å². The monoisotopic (exact) mass is 334 g/mol. The lowest BCUT2D eigenvalue weighted by atomic mass is 10.1. The molecule has 0 atom stereocenters. The number of H-pyrrole nitrogens is 1. The molecular weight excluding hydrogens is 312 g/mol. The largest absolute Gasteiger partial charge is 0.393 e. The second-order valence-corrected chi connectivity index (χ2v) is 6.87. The molecule has 2 aromatic heterocycles. The van der Waals surface area contributed by atoms with E-state index >= 15 is 0 Å². The van der Waals surface area contributed by atoms with Crippen molar-refractivity contribution in [3.05, 3.63) is 18.5 Å². The number of aliphatic hydroxyl groups excluding tert-OH is 1. The summed E-state index contributed by atoms with van der Waals surface area (Å²) in [4.78, 5) is 14.7. The molecule has 2 saturated heterocycles. The zero-order chi connectivity index (χ0) is 15.6. The molecule has 23 heavy (non-hydrogen) atoms. The molecule has 0 radical (unpaired) electrons. The maximum absolute atomic E-state index is 9.61. The number of rotatable bonds is 3. The van der Waals surface area contributed by atoms with Crippen LogP contribution < -0.4 is 14.7 Å². The molecule has 2 N–H and O–H groups in total. The maximum atomic E-state index is 9.61. The first-order valence-corrected chi connectivity index (χ1v) is 8.96. The van der Waals surface area contributed by atoms with Gasteiger partial charge in [0.2, 0.25) is 11.1 Å². The SMILES string of the molecule is OC1CCN(c2nsc(N3CCN(c4cc[nH]c4)CC3)n2)CC1. The summed E-state index contributed by atoms with van der Waals surface area (Å²) in [6.45, 7) is 5.64. The predicted molar refractivity (Wildman–Crippen MR) is 92.6 cm³/mol. The minimum Gasteiger partial charge on any atom is -0.393 e. The lowest BCUT2D eigenvalue weighted by Crippen LogP contribution is -2.46. The van der Waals surface area contributed by atoms with Crippen LogP contribution in [0.1, 0.15) is 12.8 Å². The zero-order valence-electron chi connectivity index (χ0n) is 13.1. The van der Waals surface area contributed by atoms with E-state index in [1.807, 2.05) is 12.4 Å². The van der Waals surface area contributed by atoms with Gasteiger partial charge in [-0.3, -0.25) is 0 Å². The van der Waals surface area contributed by atoms with E-state index in [1.54, 1.807) is 0 Å². The summed E-state index contributed by atoms with van der Waals surface area (Å²) in [5, 5.41) is 10.6. The van der Waals surface area contributed by atoms with Crippen LogP contribution in [0.5, 0.6) is 0 Å². The lowest BCUT2D eigenvalue weighted by molar-refractivity contribution is 0.145. The summed E-state index contributed by atoms with van der Waals surface area (Å²) in [6, 6.07) is 2.11. The van der Waals surface area contributed by atoms with Gasteiger partial charge in [0.1, 0.15) is 0 Å². The first kappa shape index (κ1) is 14.8. The molecule has 0 saturated carbocycles. The number of piperidine rings is 1. The molecule has 7 nitrogen and oxygen atoms in total. The van der Waals surface area contributed by atoms with Gasteiger partial charge in [0, 0.05) is 63.2 Å². The number of anilines is 3. The molecule has 2 aliphatic heterocycles. The van der Waals surface area contributed by atoms with Gasteiger partial charge in [-0.05, 0) is 18.9 Å². The quantitative estimate of drug-likeness (QED) is 0.877. The summed E-state index contributed by atoms with van der Waals surface area (Å²) in [5.41, 5.74) is 1.26. The summed E-state index contributed by atoms with van der Waals surface area (Å²) in [7, 11) is 0. The summed E-state index contributed by atoms with van der Waals surface area (Å²) in [6.07, 6.45) is 5.47. The van der Waals surface area contributed by atoms with Crippen LogP contribution in [0.2, 0.25) is 0 Å². The lowest BCUT2D eigenvalue weighted by Gasteiger charge is -2.35. The van der Waals surface area contributed by atoms with Crippen molar-refractivity contribution >= 4 is 28.3 Å². The fraction of sp³-hybridized carbons (Fsp3) is 0.600. The van der Waals surface area contributed by atoms with E-state index in [2.05, 4.69) is 30.1 Å².